The van der Waals surface area contributed by atoms with Crippen molar-refractivity contribution in [3.05, 3.63) is 0 Å². The number of unbranched alkanes of at least 4 members (excludes halogenated alkanes) is 8. The summed E-state index contributed by atoms with van der Waals surface area (Å²) in [4.78, 5) is 12.3. The SMILES string of the molecule is CCOC(=O)P(=O)(OCCCS(=O)(=O)CCCCCCCC1(C)COC1)OCCCS(=O)(=O)CCCCCCCC1(C)COC1. The third-order valence-electron chi connectivity index (χ3n) is 8.49. The minimum atomic E-state index is -4.35. The molecule has 0 unspecified atom stereocenters. The summed E-state index contributed by atoms with van der Waals surface area (Å²) in [6, 6.07) is 0. The number of sulfone groups is 2. The van der Waals surface area contributed by atoms with Crippen molar-refractivity contribution in [1.29, 1.82) is 0 Å². The highest BCUT2D eigenvalue weighted by Gasteiger charge is 2.37. The van der Waals surface area contributed by atoms with E-state index < -0.39 is 33.0 Å². The predicted octanol–water partition coefficient (Wildman–Crippen LogP) is 6.73. The topological polar surface area (TPSA) is 149 Å². The molecule has 2 heterocycles. The molecule has 0 atom stereocenters. The second kappa shape index (κ2) is 20.1. The Hall–Kier alpha value is -0.560. The fraction of sp³-hybridized carbons (Fsp3) is 0.968. The Kier molecular flexibility index (Phi) is 18.1. The highest BCUT2D eigenvalue weighted by molar-refractivity contribution is 7.91. The monoisotopic (exact) mass is 702 g/mol. The molecule has 0 N–H and O–H groups in total. The van der Waals surface area contributed by atoms with Gasteiger partial charge in [0.25, 0.3) is 0 Å². The molecule has 0 aromatic heterocycles. The average Bonchev–Trinajstić information content (AvgIpc) is 2.95. The van der Waals surface area contributed by atoms with E-state index in [0.29, 0.717) is 23.7 Å². The van der Waals surface area contributed by atoms with Crippen LogP contribution < -0.4 is 0 Å². The van der Waals surface area contributed by atoms with Crippen molar-refractivity contribution in [3.63, 3.8) is 0 Å². The van der Waals surface area contributed by atoms with E-state index in [2.05, 4.69) is 13.8 Å². The zero-order chi connectivity index (χ0) is 33.3. The van der Waals surface area contributed by atoms with Gasteiger partial charge in [-0.3, -0.25) is 0 Å². The minimum absolute atomic E-state index is 0.0419. The number of ether oxygens (including phenoxy) is 3. The van der Waals surface area contributed by atoms with Crippen LogP contribution in [0.15, 0.2) is 0 Å². The summed E-state index contributed by atoms with van der Waals surface area (Å²) >= 11 is 0. The number of carbonyl (C=O) groups is 1. The molecule has 266 valence electrons. The van der Waals surface area contributed by atoms with Crippen LogP contribution in [0.5, 0.6) is 0 Å². The molecule has 2 aliphatic heterocycles. The number of hydrogen-bond acceptors (Lipinski definition) is 11. The van der Waals surface area contributed by atoms with Crippen molar-refractivity contribution < 1.29 is 49.5 Å². The van der Waals surface area contributed by atoms with Crippen LogP contribution in [-0.2, 0) is 47.5 Å². The number of rotatable bonds is 28. The van der Waals surface area contributed by atoms with Crippen LogP contribution in [0.25, 0.3) is 0 Å². The molecule has 0 spiro atoms. The molecule has 2 aliphatic rings. The number of carbonyl (C=O) groups excluding carboxylic acids is 1. The summed E-state index contributed by atoms with van der Waals surface area (Å²) in [6.07, 6.45) is 11.7. The van der Waals surface area contributed by atoms with Crippen molar-refractivity contribution in [2.75, 3.05) is 69.3 Å². The molecule has 0 saturated carbocycles. The van der Waals surface area contributed by atoms with Gasteiger partial charge in [-0.05, 0) is 45.4 Å². The molecule has 14 heteroatoms. The second-order valence-electron chi connectivity index (χ2n) is 13.5. The maximum absolute atomic E-state index is 13.1. The van der Waals surface area contributed by atoms with E-state index in [1.807, 2.05) is 0 Å². The van der Waals surface area contributed by atoms with Crippen molar-refractivity contribution in [3.8, 4) is 0 Å². The molecule has 2 fully saturated rings. The Labute approximate surface area is 272 Å². The first-order valence-corrected chi connectivity index (χ1v) is 22.0. The van der Waals surface area contributed by atoms with E-state index in [0.717, 1.165) is 90.6 Å². The lowest BCUT2D eigenvalue weighted by Gasteiger charge is -2.38. The molecular weight excluding hydrogens is 643 g/mol. The second-order valence-corrected chi connectivity index (χ2v) is 20.0. The summed E-state index contributed by atoms with van der Waals surface area (Å²) < 4.78 is 88.7. The van der Waals surface area contributed by atoms with Crippen LogP contribution in [0, 0.1) is 10.8 Å². The van der Waals surface area contributed by atoms with Gasteiger partial charge in [0.2, 0.25) is 0 Å². The highest BCUT2D eigenvalue weighted by Crippen LogP contribution is 2.50. The van der Waals surface area contributed by atoms with Gasteiger partial charge in [-0.2, -0.15) is 0 Å². The zero-order valence-corrected chi connectivity index (χ0v) is 30.5. The van der Waals surface area contributed by atoms with Gasteiger partial charge in [0, 0.05) is 10.8 Å². The molecule has 2 rings (SSSR count). The van der Waals surface area contributed by atoms with Crippen LogP contribution in [0.3, 0.4) is 0 Å². The lowest BCUT2D eigenvalue weighted by Crippen LogP contribution is -2.39. The molecule has 0 aliphatic carbocycles. The molecule has 0 amide bonds. The zero-order valence-electron chi connectivity index (χ0n) is 27.9. The molecule has 11 nitrogen and oxygen atoms in total. The van der Waals surface area contributed by atoms with E-state index in [-0.39, 0.29) is 55.7 Å². The average molecular weight is 703 g/mol. The largest absolute Gasteiger partial charge is 0.457 e. The fourth-order valence-electron chi connectivity index (χ4n) is 5.47. The highest BCUT2D eigenvalue weighted by atomic mass is 32.2. The third kappa shape index (κ3) is 16.9. The van der Waals surface area contributed by atoms with E-state index >= 15 is 0 Å². The van der Waals surface area contributed by atoms with Crippen LogP contribution in [0.4, 0.5) is 4.79 Å². The van der Waals surface area contributed by atoms with Crippen molar-refractivity contribution in [2.24, 2.45) is 10.8 Å². The van der Waals surface area contributed by atoms with Gasteiger partial charge in [-0.1, -0.05) is 65.2 Å². The predicted molar refractivity (Wildman–Crippen MR) is 176 cm³/mol. The van der Waals surface area contributed by atoms with E-state index in [1.54, 1.807) is 6.92 Å². The third-order valence-corrected chi connectivity index (χ3v) is 13.8. The molecule has 0 radical (unpaired) electrons. The first-order chi connectivity index (χ1) is 21.2. The fourth-order valence-corrected chi connectivity index (χ4v) is 9.60. The van der Waals surface area contributed by atoms with Gasteiger partial charge >= 0.3 is 13.3 Å². The lowest BCUT2D eigenvalue weighted by atomic mass is 9.83. The van der Waals surface area contributed by atoms with Crippen LogP contribution in [-0.4, -0.2) is 91.8 Å². The Morgan fingerprint density at radius 1 is 0.622 bits per heavy atom. The Morgan fingerprint density at radius 2 is 0.978 bits per heavy atom. The molecule has 0 bridgehead atoms. The first kappa shape index (κ1) is 40.6. The maximum Gasteiger partial charge on any atom is 0.438 e. The van der Waals surface area contributed by atoms with Gasteiger partial charge in [0.05, 0.1) is 69.3 Å². The molecular formula is C31H59O11PS2. The van der Waals surface area contributed by atoms with Crippen molar-refractivity contribution in [1.82, 2.24) is 0 Å². The Balaban J connectivity index is 1.58. The van der Waals surface area contributed by atoms with Crippen LogP contribution in [0.2, 0.25) is 0 Å². The van der Waals surface area contributed by atoms with E-state index in [1.165, 1.54) is 0 Å². The van der Waals surface area contributed by atoms with E-state index in [9.17, 15) is 26.2 Å². The van der Waals surface area contributed by atoms with Gasteiger partial charge < -0.3 is 23.3 Å². The maximum atomic E-state index is 13.1. The Morgan fingerprint density at radius 3 is 1.33 bits per heavy atom. The van der Waals surface area contributed by atoms with Gasteiger partial charge in [-0.25, -0.2) is 26.2 Å². The van der Waals surface area contributed by atoms with Crippen molar-refractivity contribution in [2.45, 2.75) is 111 Å². The van der Waals surface area contributed by atoms with Gasteiger partial charge in [-0.15, -0.1) is 0 Å². The number of hydrogen-bond donors (Lipinski definition) is 0. The normalized spacial score (nSPS) is 17.8. The molecule has 0 aromatic rings. The smallest absolute Gasteiger partial charge is 0.438 e. The summed E-state index contributed by atoms with van der Waals surface area (Å²) in [6.45, 7) is 8.78. The van der Waals surface area contributed by atoms with Gasteiger partial charge in [0.1, 0.15) is 19.7 Å². The summed E-state index contributed by atoms with van der Waals surface area (Å²) in [5.74, 6) is -0.149. The molecule has 0 aromatic carbocycles. The van der Waals surface area contributed by atoms with Crippen molar-refractivity contribution >= 4 is 33.0 Å². The minimum Gasteiger partial charge on any atom is -0.457 e. The van der Waals surface area contributed by atoms with Crippen LogP contribution >= 0.6 is 7.60 Å². The lowest BCUT2D eigenvalue weighted by molar-refractivity contribution is -0.106. The standard InChI is InChI=1S/C31H59O11PS2/c1-4-40-29(32)43(33,41-19-15-23-44(34,35)21-13-9-5-7-11-17-30(2)25-38-26-30)42-20-16-24-45(36,37)22-14-10-6-8-12-18-31(3)27-39-28-31/h4-28H2,1-3H3. The summed E-state index contributed by atoms with van der Waals surface area (Å²) in [5.41, 5.74) is -0.524. The molecule has 45 heavy (non-hydrogen) atoms. The van der Waals surface area contributed by atoms with Gasteiger partial charge in [0.15, 0.2) is 0 Å². The summed E-state index contributed by atoms with van der Waals surface area (Å²) in [7, 11) is -11.0. The van der Waals surface area contributed by atoms with E-state index in [4.69, 9.17) is 23.3 Å². The summed E-state index contributed by atoms with van der Waals surface area (Å²) in [5, 5.41) is 0. The quantitative estimate of drug-likeness (QED) is 0.0631. The first-order valence-electron chi connectivity index (χ1n) is 16.9. The Bertz CT molecular complexity index is 1040. The van der Waals surface area contributed by atoms with Crippen LogP contribution in [0.1, 0.15) is 111 Å². The molecule has 2 saturated heterocycles.